The van der Waals surface area contributed by atoms with Crippen LogP contribution in [0.4, 0.5) is 5.69 Å². The van der Waals surface area contributed by atoms with Crippen molar-refractivity contribution in [3.05, 3.63) is 38.9 Å². The summed E-state index contributed by atoms with van der Waals surface area (Å²) in [6.45, 7) is 6.60. The Morgan fingerprint density at radius 2 is 2.06 bits per heavy atom. The minimum Gasteiger partial charge on any atom is -0.413 e. The van der Waals surface area contributed by atoms with Gasteiger partial charge in [-0.15, -0.1) is 0 Å². The topological polar surface area (TPSA) is 52.4 Å². The molecule has 0 spiro atoms. The first-order valence-corrected chi connectivity index (χ1v) is 8.65. The number of hydrogen-bond donors (Lipinski definition) is 0. The van der Waals surface area contributed by atoms with E-state index in [0.29, 0.717) is 6.61 Å². The summed E-state index contributed by atoms with van der Waals surface area (Å²) in [5.41, 5.74) is 0.705. The molecule has 0 unspecified atom stereocenters. The first kappa shape index (κ1) is 13.2. The number of nitro benzene ring substituents is 1. The minimum absolute atomic E-state index is 0.0710. The number of halogens is 1. The zero-order valence-electron chi connectivity index (χ0n) is 9.49. The Kier molecular flexibility index (Phi) is 4.07. The second-order valence-corrected chi connectivity index (χ2v) is 9.36. The van der Waals surface area contributed by atoms with Gasteiger partial charge in [-0.2, -0.15) is 0 Å². The summed E-state index contributed by atoms with van der Waals surface area (Å²) in [6.07, 6.45) is 0. The molecule has 0 aliphatic carbocycles. The highest BCUT2D eigenvalue weighted by Crippen LogP contribution is 2.25. The van der Waals surface area contributed by atoms with Gasteiger partial charge >= 0.3 is 0 Å². The summed E-state index contributed by atoms with van der Waals surface area (Å²) in [7, 11) is -1.60. The quantitative estimate of drug-likeness (QED) is 0.472. The molecule has 0 aromatic heterocycles. The van der Waals surface area contributed by atoms with Crippen LogP contribution in [0.5, 0.6) is 0 Å². The van der Waals surface area contributed by atoms with Crippen LogP contribution < -0.4 is 0 Å². The molecule has 88 valence electrons. The van der Waals surface area contributed by atoms with Crippen LogP contribution in [-0.2, 0) is 11.0 Å². The Morgan fingerprint density at radius 1 is 1.44 bits per heavy atom. The Bertz CT molecular complexity index is 404. The molecule has 0 bridgehead atoms. The van der Waals surface area contributed by atoms with Gasteiger partial charge in [-0.25, -0.2) is 0 Å². The smallest absolute Gasteiger partial charge is 0.288 e. The highest BCUT2D eigenvalue weighted by atomic mass is 35.5. The Hall–Kier alpha value is -0.913. The maximum absolute atomic E-state index is 10.7. The number of hydrogen-bond acceptors (Lipinski definition) is 3. The third kappa shape index (κ3) is 3.92. The van der Waals surface area contributed by atoms with Crippen LogP contribution in [0.2, 0.25) is 24.7 Å². The SMILES string of the molecule is C[Si](C)(C)OCc1ccc(Cl)c([N+](=O)[O-])c1. The van der Waals surface area contributed by atoms with E-state index in [1.54, 1.807) is 6.07 Å². The fraction of sp³-hybridized carbons (Fsp3) is 0.400. The van der Waals surface area contributed by atoms with Crippen molar-refractivity contribution in [3.8, 4) is 0 Å². The maximum atomic E-state index is 10.7. The summed E-state index contributed by atoms with van der Waals surface area (Å²) >= 11 is 5.71. The Morgan fingerprint density at radius 3 is 2.56 bits per heavy atom. The van der Waals surface area contributed by atoms with E-state index < -0.39 is 13.2 Å². The number of benzene rings is 1. The van der Waals surface area contributed by atoms with E-state index in [1.807, 2.05) is 0 Å². The van der Waals surface area contributed by atoms with Crippen LogP contribution in [-0.4, -0.2) is 13.2 Å². The van der Waals surface area contributed by atoms with E-state index in [9.17, 15) is 10.1 Å². The van der Waals surface area contributed by atoms with Gasteiger partial charge in [0, 0.05) is 6.07 Å². The predicted molar refractivity (Wildman–Crippen MR) is 66.2 cm³/mol. The second kappa shape index (κ2) is 4.95. The molecule has 0 atom stereocenters. The lowest BCUT2D eigenvalue weighted by atomic mass is 10.2. The molecule has 0 saturated heterocycles. The third-order valence-corrected chi connectivity index (χ3v) is 3.21. The largest absolute Gasteiger partial charge is 0.413 e. The van der Waals surface area contributed by atoms with Gasteiger partial charge in [0.1, 0.15) is 5.02 Å². The van der Waals surface area contributed by atoms with E-state index >= 15 is 0 Å². The van der Waals surface area contributed by atoms with Crippen molar-refractivity contribution in [1.82, 2.24) is 0 Å². The Balaban J connectivity index is 2.83. The molecule has 0 heterocycles. The molecule has 0 fully saturated rings. The summed E-state index contributed by atoms with van der Waals surface area (Å²) in [5.74, 6) is 0. The summed E-state index contributed by atoms with van der Waals surface area (Å²) < 4.78 is 5.66. The van der Waals surface area contributed by atoms with Crippen molar-refractivity contribution < 1.29 is 9.35 Å². The van der Waals surface area contributed by atoms with Gasteiger partial charge in [0.15, 0.2) is 8.32 Å². The molecule has 1 aromatic rings. The molecule has 0 amide bonds. The van der Waals surface area contributed by atoms with Gasteiger partial charge in [0.2, 0.25) is 0 Å². The minimum atomic E-state index is -1.60. The van der Waals surface area contributed by atoms with Crippen LogP contribution >= 0.6 is 11.6 Å². The van der Waals surface area contributed by atoms with E-state index in [2.05, 4.69) is 19.6 Å². The molecular formula is C10H14ClNO3Si. The van der Waals surface area contributed by atoms with E-state index in [0.717, 1.165) is 5.56 Å². The highest BCUT2D eigenvalue weighted by molar-refractivity contribution is 6.69. The molecule has 6 heteroatoms. The molecule has 16 heavy (non-hydrogen) atoms. The normalized spacial score (nSPS) is 11.5. The van der Waals surface area contributed by atoms with E-state index in [4.69, 9.17) is 16.0 Å². The molecule has 1 rings (SSSR count). The molecule has 0 radical (unpaired) electrons. The van der Waals surface area contributed by atoms with E-state index in [1.165, 1.54) is 12.1 Å². The van der Waals surface area contributed by atoms with Gasteiger partial charge < -0.3 is 4.43 Å². The second-order valence-electron chi connectivity index (χ2n) is 4.44. The lowest BCUT2D eigenvalue weighted by Crippen LogP contribution is -2.24. The van der Waals surface area contributed by atoms with Crippen molar-refractivity contribution in [2.75, 3.05) is 0 Å². The number of rotatable bonds is 4. The summed E-state index contributed by atoms with van der Waals surface area (Å²) in [6, 6.07) is 4.74. The van der Waals surface area contributed by atoms with Crippen LogP contribution in [0.1, 0.15) is 5.56 Å². The van der Waals surface area contributed by atoms with Crippen LogP contribution in [0, 0.1) is 10.1 Å². The van der Waals surface area contributed by atoms with Crippen molar-refractivity contribution in [2.24, 2.45) is 0 Å². The van der Waals surface area contributed by atoms with Crippen LogP contribution in [0.15, 0.2) is 18.2 Å². The van der Waals surface area contributed by atoms with Gasteiger partial charge in [0.25, 0.3) is 5.69 Å². The van der Waals surface area contributed by atoms with Gasteiger partial charge in [-0.1, -0.05) is 17.7 Å². The van der Waals surface area contributed by atoms with Crippen molar-refractivity contribution in [3.63, 3.8) is 0 Å². The van der Waals surface area contributed by atoms with Crippen molar-refractivity contribution >= 4 is 25.6 Å². The molecule has 4 nitrogen and oxygen atoms in total. The zero-order chi connectivity index (χ0) is 12.3. The standard InChI is InChI=1S/C10H14ClNO3Si/c1-16(2,3)15-7-8-4-5-9(11)10(6-8)12(13)14/h4-6H,7H2,1-3H3. The van der Waals surface area contributed by atoms with Crippen LogP contribution in [0.25, 0.3) is 0 Å². The van der Waals surface area contributed by atoms with Crippen molar-refractivity contribution in [1.29, 1.82) is 0 Å². The van der Waals surface area contributed by atoms with Gasteiger partial charge in [0.05, 0.1) is 11.5 Å². The van der Waals surface area contributed by atoms with Gasteiger partial charge in [-0.3, -0.25) is 10.1 Å². The maximum Gasteiger partial charge on any atom is 0.288 e. The zero-order valence-corrected chi connectivity index (χ0v) is 11.2. The average molecular weight is 260 g/mol. The molecule has 0 N–H and O–H groups in total. The molecule has 0 aliphatic heterocycles. The number of nitro groups is 1. The number of nitrogens with zero attached hydrogens (tertiary/aromatic N) is 1. The lowest BCUT2D eigenvalue weighted by molar-refractivity contribution is -0.384. The summed E-state index contributed by atoms with van der Waals surface area (Å²) in [4.78, 5) is 10.2. The molecular weight excluding hydrogens is 246 g/mol. The average Bonchev–Trinajstić information content (AvgIpc) is 2.14. The first-order valence-electron chi connectivity index (χ1n) is 4.86. The predicted octanol–water partition coefficient (Wildman–Crippen LogP) is 3.60. The first-order chi connectivity index (χ1) is 7.29. The monoisotopic (exact) mass is 259 g/mol. The highest BCUT2D eigenvalue weighted by Gasteiger charge is 2.16. The molecule has 0 saturated carbocycles. The fourth-order valence-corrected chi connectivity index (χ4v) is 1.87. The Labute approximate surface area is 100 Å². The van der Waals surface area contributed by atoms with Crippen LogP contribution in [0.3, 0.4) is 0 Å². The molecule has 1 aromatic carbocycles. The third-order valence-electron chi connectivity index (χ3n) is 1.88. The summed E-state index contributed by atoms with van der Waals surface area (Å²) in [5, 5.41) is 10.8. The molecule has 0 aliphatic rings. The van der Waals surface area contributed by atoms with Gasteiger partial charge in [-0.05, 0) is 31.3 Å². The van der Waals surface area contributed by atoms with E-state index in [-0.39, 0.29) is 10.7 Å². The fourth-order valence-electron chi connectivity index (χ4n) is 1.09. The van der Waals surface area contributed by atoms with Crippen molar-refractivity contribution in [2.45, 2.75) is 26.2 Å². The lowest BCUT2D eigenvalue weighted by Gasteiger charge is -2.16.